The number of nitrogens with one attached hydrogen (secondary N) is 1. The topological polar surface area (TPSA) is 75.3 Å². The standard InChI is InChI=1S/C6H10N2O2/c1-3-5(6(7)10)4(9)2-8-3/h4-5,8-9H,1-2H2,(H2,7,10). The molecule has 10 heavy (non-hydrogen) atoms. The molecule has 0 aliphatic carbocycles. The number of carbonyl (C=O) groups is 1. The molecule has 1 rings (SSSR count). The summed E-state index contributed by atoms with van der Waals surface area (Å²) in [6, 6.07) is 0. The van der Waals surface area contributed by atoms with Gasteiger partial charge in [-0.05, 0) is 0 Å². The Balaban J connectivity index is 2.72. The highest BCUT2D eigenvalue weighted by Gasteiger charge is 2.32. The number of hydrogen-bond donors (Lipinski definition) is 3. The van der Waals surface area contributed by atoms with Gasteiger partial charge in [0.2, 0.25) is 5.91 Å². The summed E-state index contributed by atoms with van der Waals surface area (Å²) in [5.74, 6) is -1.14. The van der Waals surface area contributed by atoms with Crippen LogP contribution in [0.1, 0.15) is 0 Å². The Bertz CT molecular complexity index is 179. The van der Waals surface area contributed by atoms with E-state index in [9.17, 15) is 4.79 Å². The third-order valence-electron chi connectivity index (χ3n) is 1.60. The summed E-state index contributed by atoms with van der Waals surface area (Å²) in [6.45, 7) is 3.90. The van der Waals surface area contributed by atoms with Gasteiger partial charge in [-0.1, -0.05) is 6.58 Å². The zero-order valence-electron chi connectivity index (χ0n) is 5.50. The van der Waals surface area contributed by atoms with E-state index in [2.05, 4.69) is 11.9 Å². The zero-order chi connectivity index (χ0) is 7.72. The fraction of sp³-hybridized carbons (Fsp3) is 0.500. The zero-order valence-corrected chi connectivity index (χ0v) is 5.50. The summed E-state index contributed by atoms with van der Waals surface area (Å²) >= 11 is 0. The lowest BCUT2D eigenvalue weighted by molar-refractivity contribution is -0.122. The third kappa shape index (κ3) is 0.974. The molecule has 1 saturated heterocycles. The summed E-state index contributed by atoms with van der Waals surface area (Å²) in [5, 5.41) is 11.9. The SMILES string of the molecule is C=C1NCC(O)C1C(N)=O. The highest BCUT2D eigenvalue weighted by Crippen LogP contribution is 2.16. The van der Waals surface area contributed by atoms with E-state index in [1.54, 1.807) is 0 Å². The highest BCUT2D eigenvalue weighted by atomic mass is 16.3. The molecule has 1 fully saturated rings. The molecule has 2 atom stereocenters. The Labute approximate surface area is 58.7 Å². The van der Waals surface area contributed by atoms with Gasteiger partial charge in [-0.15, -0.1) is 0 Å². The molecule has 1 amide bonds. The van der Waals surface area contributed by atoms with E-state index in [1.807, 2.05) is 0 Å². The fourth-order valence-electron chi connectivity index (χ4n) is 1.06. The van der Waals surface area contributed by atoms with Crippen LogP contribution >= 0.6 is 0 Å². The summed E-state index contributed by atoms with van der Waals surface area (Å²) in [7, 11) is 0. The van der Waals surface area contributed by atoms with Gasteiger partial charge in [-0.3, -0.25) is 4.79 Å². The minimum absolute atomic E-state index is 0.367. The van der Waals surface area contributed by atoms with Gasteiger partial charge in [0.05, 0.1) is 6.10 Å². The van der Waals surface area contributed by atoms with Crippen LogP contribution in [0.5, 0.6) is 0 Å². The number of rotatable bonds is 1. The maximum Gasteiger partial charge on any atom is 0.229 e. The van der Waals surface area contributed by atoms with E-state index in [1.165, 1.54) is 0 Å². The van der Waals surface area contributed by atoms with Crippen molar-refractivity contribution < 1.29 is 9.90 Å². The van der Waals surface area contributed by atoms with Gasteiger partial charge in [0, 0.05) is 12.2 Å². The van der Waals surface area contributed by atoms with Crippen molar-refractivity contribution >= 4 is 5.91 Å². The van der Waals surface area contributed by atoms with Crippen molar-refractivity contribution in [1.82, 2.24) is 5.32 Å². The van der Waals surface area contributed by atoms with Crippen molar-refractivity contribution in [3.05, 3.63) is 12.3 Å². The van der Waals surface area contributed by atoms with Gasteiger partial charge < -0.3 is 16.2 Å². The number of primary amides is 1. The molecule has 4 N–H and O–H groups in total. The number of carbonyl (C=O) groups excluding carboxylic acids is 1. The molecule has 0 bridgehead atoms. The van der Waals surface area contributed by atoms with Gasteiger partial charge in [-0.25, -0.2) is 0 Å². The highest BCUT2D eigenvalue weighted by molar-refractivity contribution is 5.80. The average molecular weight is 142 g/mol. The van der Waals surface area contributed by atoms with Crippen molar-refractivity contribution in [3.8, 4) is 0 Å². The first-order valence-electron chi connectivity index (χ1n) is 3.03. The van der Waals surface area contributed by atoms with Crippen molar-refractivity contribution in [2.24, 2.45) is 11.7 Å². The molecule has 0 aromatic rings. The molecular formula is C6H10N2O2. The molecule has 0 radical (unpaired) electrons. The average Bonchev–Trinajstić information content (AvgIpc) is 2.11. The Hall–Kier alpha value is -1.03. The molecular weight excluding hydrogens is 132 g/mol. The number of nitrogens with two attached hydrogens (primary N) is 1. The molecule has 56 valence electrons. The van der Waals surface area contributed by atoms with Crippen LogP contribution in [0.15, 0.2) is 12.3 Å². The molecule has 0 spiro atoms. The van der Waals surface area contributed by atoms with E-state index in [-0.39, 0.29) is 0 Å². The summed E-state index contributed by atoms with van der Waals surface area (Å²) in [4.78, 5) is 10.6. The van der Waals surface area contributed by atoms with Crippen molar-refractivity contribution in [2.45, 2.75) is 6.10 Å². The summed E-state index contributed by atoms with van der Waals surface area (Å²) in [6.07, 6.45) is -0.704. The smallest absolute Gasteiger partial charge is 0.229 e. The molecule has 4 heteroatoms. The van der Waals surface area contributed by atoms with E-state index in [4.69, 9.17) is 10.8 Å². The van der Waals surface area contributed by atoms with Crippen LogP contribution in [-0.2, 0) is 4.79 Å². The Morgan fingerprint density at radius 2 is 2.50 bits per heavy atom. The second-order valence-corrected chi connectivity index (χ2v) is 2.35. The largest absolute Gasteiger partial charge is 0.390 e. The van der Waals surface area contributed by atoms with E-state index < -0.39 is 17.9 Å². The van der Waals surface area contributed by atoms with E-state index in [0.717, 1.165) is 0 Å². The third-order valence-corrected chi connectivity index (χ3v) is 1.60. The minimum atomic E-state index is -0.704. The van der Waals surface area contributed by atoms with Crippen LogP contribution in [0.3, 0.4) is 0 Å². The summed E-state index contributed by atoms with van der Waals surface area (Å²) in [5.41, 5.74) is 5.49. The van der Waals surface area contributed by atoms with Crippen molar-refractivity contribution in [1.29, 1.82) is 0 Å². The number of hydrogen-bond acceptors (Lipinski definition) is 3. The fourth-order valence-corrected chi connectivity index (χ4v) is 1.06. The number of β-amino-alcohol motifs (C(OH)–C–C–N with tert-alkyl or cyclic N) is 1. The first-order valence-corrected chi connectivity index (χ1v) is 3.03. The van der Waals surface area contributed by atoms with Crippen LogP contribution in [0, 0.1) is 5.92 Å². The quantitative estimate of drug-likeness (QED) is 0.420. The first-order chi connectivity index (χ1) is 4.63. The molecule has 2 unspecified atom stereocenters. The second-order valence-electron chi connectivity index (χ2n) is 2.35. The van der Waals surface area contributed by atoms with Gasteiger partial charge >= 0.3 is 0 Å². The minimum Gasteiger partial charge on any atom is -0.390 e. The molecule has 4 nitrogen and oxygen atoms in total. The van der Waals surface area contributed by atoms with Gasteiger partial charge in [-0.2, -0.15) is 0 Å². The maximum absolute atomic E-state index is 10.6. The van der Waals surface area contributed by atoms with Gasteiger partial charge in [0.15, 0.2) is 0 Å². The number of aliphatic hydroxyl groups is 1. The molecule has 0 saturated carbocycles. The predicted molar refractivity (Wildman–Crippen MR) is 35.8 cm³/mol. The van der Waals surface area contributed by atoms with Crippen molar-refractivity contribution in [3.63, 3.8) is 0 Å². The number of amides is 1. The monoisotopic (exact) mass is 142 g/mol. The molecule has 1 aliphatic rings. The van der Waals surface area contributed by atoms with Crippen LogP contribution < -0.4 is 11.1 Å². The predicted octanol–water partition coefficient (Wildman–Crippen LogP) is -1.43. The second kappa shape index (κ2) is 2.30. The molecule has 1 heterocycles. The maximum atomic E-state index is 10.6. The normalized spacial score (nSPS) is 31.9. The van der Waals surface area contributed by atoms with Crippen LogP contribution in [-0.4, -0.2) is 23.7 Å². The Kier molecular flexibility index (Phi) is 1.63. The molecule has 0 aromatic heterocycles. The van der Waals surface area contributed by atoms with Crippen LogP contribution in [0.2, 0.25) is 0 Å². The van der Waals surface area contributed by atoms with Gasteiger partial charge in [0.25, 0.3) is 0 Å². The molecule has 0 aromatic carbocycles. The van der Waals surface area contributed by atoms with Crippen molar-refractivity contribution in [2.75, 3.05) is 6.54 Å². The van der Waals surface area contributed by atoms with Crippen LogP contribution in [0.25, 0.3) is 0 Å². The molecule has 1 aliphatic heterocycles. The Morgan fingerprint density at radius 1 is 1.90 bits per heavy atom. The first kappa shape index (κ1) is 7.08. The lowest BCUT2D eigenvalue weighted by atomic mass is 10.0. The van der Waals surface area contributed by atoms with E-state index in [0.29, 0.717) is 12.2 Å². The lowest BCUT2D eigenvalue weighted by Gasteiger charge is -2.07. The Morgan fingerprint density at radius 3 is 2.70 bits per heavy atom. The van der Waals surface area contributed by atoms with Gasteiger partial charge in [0.1, 0.15) is 5.92 Å². The summed E-state index contributed by atoms with van der Waals surface area (Å²) < 4.78 is 0. The number of aliphatic hydroxyl groups excluding tert-OH is 1. The lowest BCUT2D eigenvalue weighted by Crippen LogP contribution is -2.31. The van der Waals surface area contributed by atoms with E-state index >= 15 is 0 Å². The van der Waals surface area contributed by atoms with Crippen LogP contribution in [0.4, 0.5) is 0 Å².